The van der Waals surface area contributed by atoms with Crippen LogP contribution in [0.3, 0.4) is 0 Å². The molecule has 140 valence electrons. The lowest BCUT2D eigenvalue weighted by Crippen LogP contribution is -2.29. The molecule has 3 rings (SSSR count). The fraction of sp³-hybridized carbons (Fsp3) is 0.158. The molecular formula is C19H16F3N3O2. The molecule has 0 aromatic heterocycles. The Kier molecular flexibility index (Phi) is 4.43. The number of ether oxygens (including phenoxy) is 1. The van der Waals surface area contributed by atoms with E-state index in [4.69, 9.17) is 16.2 Å². The molecule has 1 aliphatic heterocycles. The summed E-state index contributed by atoms with van der Waals surface area (Å²) in [6.07, 6.45) is 1.50. The summed E-state index contributed by atoms with van der Waals surface area (Å²) in [4.78, 5) is 15.5. The Bertz CT molecular complexity index is 986. The molecule has 0 spiro atoms. The third-order valence-corrected chi connectivity index (χ3v) is 3.89. The number of amides is 1. The number of hydrogen-bond acceptors (Lipinski definition) is 2. The molecule has 0 radical (unpaired) electrons. The Morgan fingerprint density at radius 2 is 1.70 bits per heavy atom. The van der Waals surface area contributed by atoms with Gasteiger partial charge in [-0.1, -0.05) is 0 Å². The van der Waals surface area contributed by atoms with Crippen LogP contribution in [0.25, 0.3) is 5.57 Å². The van der Waals surface area contributed by atoms with E-state index in [-0.39, 0.29) is 16.7 Å². The Hall–Kier alpha value is -3.29. The van der Waals surface area contributed by atoms with Crippen LogP contribution in [-0.4, -0.2) is 17.5 Å². The molecule has 2 aromatic carbocycles. The van der Waals surface area contributed by atoms with Crippen LogP contribution >= 0.6 is 0 Å². The molecule has 0 aliphatic carbocycles. The van der Waals surface area contributed by atoms with Crippen molar-refractivity contribution in [3.8, 4) is 5.75 Å². The van der Waals surface area contributed by atoms with Crippen LogP contribution in [0.1, 0.15) is 35.3 Å². The average molecular weight is 375 g/mol. The second kappa shape index (κ2) is 6.46. The molecule has 8 heteroatoms. The minimum absolute atomic E-state index is 0.0966. The highest BCUT2D eigenvalue weighted by Crippen LogP contribution is 2.41. The van der Waals surface area contributed by atoms with Gasteiger partial charge in [-0.3, -0.25) is 4.79 Å². The van der Waals surface area contributed by atoms with E-state index in [1.165, 1.54) is 24.3 Å². The van der Waals surface area contributed by atoms with Gasteiger partial charge >= 0.3 is 0 Å². The van der Waals surface area contributed by atoms with Crippen LogP contribution in [0, 0.1) is 17.5 Å². The zero-order valence-corrected chi connectivity index (χ0v) is 14.5. The third kappa shape index (κ3) is 3.64. The minimum Gasteiger partial charge on any atom is -0.483 e. The summed E-state index contributed by atoms with van der Waals surface area (Å²) in [5.41, 5.74) is 9.61. The highest BCUT2D eigenvalue weighted by molar-refractivity contribution is 6.03. The number of benzene rings is 2. The molecule has 5 nitrogen and oxygen atoms in total. The molecule has 0 bridgehead atoms. The second-order valence-corrected chi connectivity index (χ2v) is 6.56. The maximum atomic E-state index is 14.4. The number of hydrogen-bond donors (Lipinski definition) is 2. The van der Waals surface area contributed by atoms with Crippen molar-refractivity contribution in [1.82, 2.24) is 0 Å². The van der Waals surface area contributed by atoms with Crippen LogP contribution in [0.5, 0.6) is 5.75 Å². The fourth-order valence-electron chi connectivity index (χ4n) is 2.89. The number of guanidine groups is 1. The van der Waals surface area contributed by atoms with Crippen LogP contribution in [0.15, 0.2) is 41.4 Å². The van der Waals surface area contributed by atoms with Crippen molar-refractivity contribution < 1.29 is 22.7 Å². The van der Waals surface area contributed by atoms with E-state index in [9.17, 15) is 18.0 Å². The van der Waals surface area contributed by atoms with Crippen LogP contribution in [0.4, 0.5) is 13.2 Å². The predicted octanol–water partition coefficient (Wildman–Crippen LogP) is 3.12. The highest BCUT2D eigenvalue weighted by atomic mass is 19.1. The van der Waals surface area contributed by atoms with Crippen molar-refractivity contribution in [2.24, 2.45) is 16.5 Å². The third-order valence-electron chi connectivity index (χ3n) is 3.89. The van der Waals surface area contributed by atoms with Gasteiger partial charge in [-0.05, 0) is 43.7 Å². The smallest absolute Gasteiger partial charge is 0.280 e. The van der Waals surface area contributed by atoms with E-state index in [1.807, 2.05) is 0 Å². The monoisotopic (exact) mass is 375 g/mol. The molecule has 0 saturated heterocycles. The maximum Gasteiger partial charge on any atom is 0.280 e. The lowest BCUT2D eigenvalue weighted by Gasteiger charge is -2.31. The number of carbonyl (C=O) groups is 1. The first-order chi connectivity index (χ1) is 12.6. The van der Waals surface area contributed by atoms with Gasteiger partial charge in [0.05, 0.1) is 5.56 Å². The minimum atomic E-state index is -1.07. The van der Waals surface area contributed by atoms with Gasteiger partial charge in [0.1, 0.15) is 28.8 Å². The Morgan fingerprint density at radius 3 is 2.30 bits per heavy atom. The van der Waals surface area contributed by atoms with Gasteiger partial charge in [0.15, 0.2) is 5.96 Å². The number of aliphatic imine (C=N–C) groups is 1. The van der Waals surface area contributed by atoms with Crippen LogP contribution < -0.4 is 16.2 Å². The number of fused-ring (bicyclic) bond motifs is 1. The second-order valence-electron chi connectivity index (χ2n) is 6.56. The molecule has 0 fully saturated rings. The van der Waals surface area contributed by atoms with E-state index in [0.29, 0.717) is 17.9 Å². The SMILES string of the molecule is CC1(C)C=C(c2c(F)cc(F)cc2F)c2cc(C(=O)N=C(N)N)ccc2O1. The highest BCUT2D eigenvalue weighted by Gasteiger charge is 2.30. The summed E-state index contributed by atoms with van der Waals surface area (Å²) in [6, 6.07) is 5.47. The van der Waals surface area contributed by atoms with Gasteiger partial charge in [0.2, 0.25) is 0 Å². The summed E-state index contributed by atoms with van der Waals surface area (Å²) in [7, 11) is 0. The lowest BCUT2D eigenvalue weighted by atomic mass is 9.88. The summed E-state index contributed by atoms with van der Waals surface area (Å²) < 4.78 is 47.9. The largest absolute Gasteiger partial charge is 0.483 e. The number of halogens is 3. The molecule has 0 saturated carbocycles. The number of carbonyl (C=O) groups excluding carboxylic acids is 1. The van der Waals surface area contributed by atoms with Crippen molar-refractivity contribution in [2.75, 3.05) is 0 Å². The van der Waals surface area contributed by atoms with E-state index in [1.54, 1.807) is 13.8 Å². The van der Waals surface area contributed by atoms with Crippen LogP contribution in [-0.2, 0) is 0 Å². The molecule has 1 aliphatic rings. The van der Waals surface area contributed by atoms with Crippen molar-refractivity contribution >= 4 is 17.4 Å². The van der Waals surface area contributed by atoms with E-state index >= 15 is 0 Å². The van der Waals surface area contributed by atoms with Crippen LogP contribution in [0.2, 0.25) is 0 Å². The first-order valence-corrected chi connectivity index (χ1v) is 7.92. The summed E-state index contributed by atoms with van der Waals surface area (Å²) >= 11 is 0. The van der Waals surface area contributed by atoms with Crippen molar-refractivity contribution in [1.29, 1.82) is 0 Å². The normalized spacial score (nSPS) is 14.6. The molecule has 0 atom stereocenters. The molecule has 1 heterocycles. The van der Waals surface area contributed by atoms with Gasteiger partial charge < -0.3 is 16.2 Å². The van der Waals surface area contributed by atoms with Crippen molar-refractivity contribution in [3.05, 3.63) is 70.5 Å². The molecule has 4 N–H and O–H groups in total. The van der Waals surface area contributed by atoms with Gasteiger partial charge in [-0.15, -0.1) is 0 Å². The molecule has 27 heavy (non-hydrogen) atoms. The quantitative estimate of drug-likeness (QED) is 0.623. The van der Waals surface area contributed by atoms with E-state index in [0.717, 1.165) is 0 Å². The summed E-state index contributed by atoms with van der Waals surface area (Å²) in [5, 5.41) is 0. The zero-order valence-electron chi connectivity index (χ0n) is 14.5. The molecule has 1 amide bonds. The Morgan fingerprint density at radius 1 is 1.07 bits per heavy atom. The van der Waals surface area contributed by atoms with Crippen molar-refractivity contribution in [2.45, 2.75) is 19.4 Å². The fourth-order valence-corrected chi connectivity index (χ4v) is 2.89. The summed E-state index contributed by atoms with van der Waals surface area (Å²) in [6.45, 7) is 3.40. The van der Waals surface area contributed by atoms with Crippen molar-refractivity contribution in [3.63, 3.8) is 0 Å². The zero-order chi connectivity index (χ0) is 19.9. The first kappa shape index (κ1) is 18.5. The van der Waals surface area contributed by atoms with E-state index < -0.39 is 40.5 Å². The lowest BCUT2D eigenvalue weighted by molar-refractivity contribution is 0.100. The molecular weight excluding hydrogens is 359 g/mol. The number of rotatable bonds is 2. The Balaban J connectivity index is 2.23. The standard InChI is InChI=1S/C19H16F3N3O2/c1-19(2)8-12(16-13(21)6-10(20)7-14(16)22)11-5-9(3-4-15(11)27-19)17(26)25-18(23)24/h3-8H,1-2H3,(H4,23,24,25,26). The van der Waals surface area contributed by atoms with Gasteiger partial charge in [-0.25, -0.2) is 13.2 Å². The number of nitrogens with two attached hydrogens (primary N) is 2. The molecule has 0 unspecified atom stereocenters. The van der Waals surface area contributed by atoms with E-state index in [2.05, 4.69) is 4.99 Å². The topological polar surface area (TPSA) is 90.7 Å². The predicted molar refractivity (Wildman–Crippen MR) is 94.7 cm³/mol. The maximum absolute atomic E-state index is 14.4. The van der Waals surface area contributed by atoms with Gasteiger partial charge in [0.25, 0.3) is 5.91 Å². The molecule has 2 aromatic rings. The summed E-state index contributed by atoms with van der Waals surface area (Å²) in [5.74, 6) is -3.99. The average Bonchev–Trinajstić information content (AvgIpc) is 2.51. The first-order valence-electron chi connectivity index (χ1n) is 7.92. The van der Waals surface area contributed by atoms with Gasteiger partial charge in [-0.2, -0.15) is 4.99 Å². The van der Waals surface area contributed by atoms with Gasteiger partial charge in [0, 0.05) is 23.3 Å². The number of nitrogens with zero attached hydrogens (tertiary/aromatic N) is 1. The Labute approximate surface area is 153 Å².